The number of fused-ring (bicyclic) bond motifs is 1. The van der Waals surface area contributed by atoms with Crippen LogP contribution >= 0.6 is 11.8 Å². The van der Waals surface area contributed by atoms with E-state index in [1.165, 1.54) is 23.4 Å². The maximum absolute atomic E-state index is 12.7. The topological polar surface area (TPSA) is 69.8 Å². The summed E-state index contributed by atoms with van der Waals surface area (Å²) >= 11 is 1.51. The quantitative estimate of drug-likeness (QED) is 0.493. The van der Waals surface area contributed by atoms with Crippen LogP contribution in [0.3, 0.4) is 0 Å². The molecule has 7 heteroatoms. The molecule has 0 aliphatic heterocycles. The van der Waals surface area contributed by atoms with E-state index < -0.39 is 0 Å². The molecular formula is C19H22N4O2S. The van der Waals surface area contributed by atoms with Crippen LogP contribution in [0.25, 0.3) is 11.0 Å². The van der Waals surface area contributed by atoms with E-state index in [2.05, 4.69) is 16.9 Å². The summed E-state index contributed by atoms with van der Waals surface area (Å²) < 4.78 is 2.55. The maximum Gasteiger partial charge on any atom is 0.332 e. The second-order valence-electron chi connectivity index (χ2n) is 6.23. The molecule has 0 fully saturated rings. The minimum Gasteiger partial charge on any atom is -0.280 e. The normalized spacial score (nSPS) is 11.2. The summed E-state index contributed by atoms with van der Waals surface area (Å²) in [5.74, 6) is 1.38. The first-order chi connectivity index (χ1) is 12.5. The minimum atomic E-state index is -0.373. The molecule has 0 atom stereocenters. The predicted octanol–water partition coefficient (Wildman–Crippen LogP) is 2.66. The van der Waals surface area contributed by atoms with Crippen molar-refractivity contribution in [2.45, 2.75) is 37.0 Å². The van der Waals surface area contributed by atoms with Gasteiger partial charge in [0.2, 0.25) is 0 Å². The average Bonchev–Trinajstić information content (AvgIpc) is 2.67. The van der Waals surface area contributed by atoms with Gasteiger partial charge in [0.05, 0.1) is 0 Å². The second kappa shape index (κ2) is 7.86. The van der Waals surface area contributed by atoms with E-state index in [1.54, 1.807) is 7.05 Å². The first-order valence-electron chi connectivity index (χ1n) is 8.66. The Morgan fingerprint density at radius 3 is 2.46 bits per heavy atom. The molecule has 0 aliphatic rings. The Kier molecular flexibility index (Phi) is 5.56. The summed E-state index contributed by atoms with van der Waals surface area (Å²) in [7, 11) is 3.13. The van der Waals surface area contributed by atoms with Gasteiger partial charge in [-0.3, -0.25) is 13.9 Å². The molecule has 1 aromatic carbocycles. The first kappa shape index (κ1) is 18.4. The Morgan fingerprint density at radius 2 is 1.77 bits per heavy atom. The Balaban J connectivity index is 2.14. The number of aryl methyl sites for hydroxylation is 2. The highest BCUT2D eigenvalue weighted by atomic mass is 32.2. The smallest absolute Gasteiger partial charge is 0.280 e. The van der Waals surface area contributed by atoms with Crippen molar-refractivity contribution in [3.05, 3.63) is 62.6 Å². The molecule has 0 bridgehead atoms. The number of hydrogen-bond donors (Lipinski definition) is 0. The van der Waals surface area contributed by atoms with E-state index in [9.17, 15) is 9.59 Å². The molecule has 0 N–H and O–H groups in total. The lowest BCUT2D eigenvalue weighted by Crippen LogP contribution is -2.37. The fraction of sp³-hybridized carbons (Fsp3) is 0.368. The van der Waals surface area contributed by atoms with E-state index in [-0.39, 0.29) is 11.2 Å². The molecule has 0 saturated heterocycles. The minimum absolute atomic E-state index is 0.347. The van der Waals surface area contributed by atoms with Crippen LogP contribution in [0.2, 0.25) is 0 Å². The summed E-state index contributed by atoms with van der Waals surface area (Å²) in [6.07, 6.45) is 2.73. The molecule has 3 rings (SSSR count). The third-order valence-corrected chi connectivity index (χ3v) is 5.33. The lowest BCUT2D eigenvalue weighted by atomic mass is 10.2. The number of hydrogen-bond acceptors (Lipinski definition) is 5. The van der Waals surface area contributed by atoms with Gasteiger partial charge in [-0.25, -0.2) is 14.8 Å². The molecule has 0 unspecified atom stereocenters. The summed E-state index contributed by atoms with van der Waals surface area (Å²) in [4.78, 5) is 34.2. The van der Waals surface area contributed by atoms with Crippen molar-refractivity contribution >= 4 is 22.8 Å². The van der Waals surface area contributed by atoms with Gasteiger partial charge < -0.3 is 0 Å². The van der Waals surface area contributed by atoms with Gasteiger partial charge in [0.15, 0.2) is 5.65 Å². The predicted molar refractivity (Wildman–Crippen MR) is 105 cm³/mol. The third kappa shape index (κ3) is 3.58. The Morgan fingerprint density at radius 1 is 1.04 bits per heavy atom. The average molecular weight is 370 g/mol. The SMILES string of the molecule is CCCCc1nc(SCc2ccccc2)c2c(=O)n(C)c(=O)n(C)c2n1. The molecule has 3 aromatic rings. The number of unbranched alkanes of at least 4 members (excludes halogenated alkanes) is 1. The maximum atomic E-state index is 12.7. The molecule has 0 amide bonds. The van der Waals surface area contributed by atoms with Crippen molar-refractivity contribution in [1.29, 1.82) is 0 Å². The Labute approximate surface area is 155 Å². The van der Waals surface area contributed by atoms with Gasteiger partial charge in [0, 0.05) is 26.3 Å². The van der Waals surface area contributed by atoms with Crippen LogP contribution in [-0.4, -0.2) is 19.1 Å². The van der Waals surface area contributed by atoms with Crippen molar-refractivity contribution in [2.24, 2.45) is 14.1 Å². The Bertz CT molecular complexity index is 1040. The van der Waals surface area contributed by atoms with Crippen molar-refractivity contribution in [2.75, 3.05) is 0 Å². The van der Waals surface area contributed by atoms with Gasteiger partial charge in [-0.15, -0.1) is 11.8 Å². The molecular weight excluding hydrogens is 348 g/mol. The molecule has 0 radical (unpaired) electrons. The van der Waals surface area contributed by atoms with Crippen LogP contribution in [0.4, 0.5) is 0 Å². The fourth-order valence-corrected chi connectivity index (χ4v) is 3.74. The number of aromatic nitrogens is 4. The van der Waals surface area contributed by atoms with Gasteiger partial charge in [-0.05, 0) is 12.0 Å². The second-order valence-corrected chi connectivity index (χ2v) is 7.19. The van der Waals surface area contributed by atoms with Crippen LogP contribution in [0.5, 0.6) is 0 Å². The summed E-state index contributed by atoms with van der Waals surface area (Å²) in [5, 5.41) is 1.05. The molecule has 26 heavy (non-hydrogen) atoms. The number of rotatable bonds is 6. The van der Waals surface area contributed by atoms with Gasteiger partial charge >= 0.3 is 5.69 Å². The van der Waals surface area contributed by atoms with Gasteiger partial charge in [0.1, 0.15) is 16.2 Å². The van der Waals surface area contributed by atoms with Crippen molar-refractivity contribution < 1.29 is 0 Å². The van der Waals surface area contributed by atoms with Crippen molar-refractivity contribution in [3.8, 4) is 0 Å². The number of benzene rings is 1. The monoisotopic (exact) mass is 370 g/mol. The van der Waals surface area contributed by atoms with Crippen LogP contribution in [0.15, 0.2) is 44.9 Å². The van der Waals surface area contributed by atoms with E-state index in [1.807, 2.05) is 30.3 Å². The van der Waals surface area contributed by atoms with Crippen LogP contribution in [0.1, 0.15) is 31.2 Å². The molecule has 2 aromatic heterocycles. The number of nitrogens with zero attached hydrogens (tertiary/aromatic N) is 4. The van der Waals surface area contributed by atoms with Gasteiger partial charge in [-0.2, -0.15) is 0 Å². The zero-order valence-electron chi connectivity index (χ0n) is 15.2. The molecule has 0 saturated carbocycles. The Hall–Kier alpha value is -2.41. The van der Waals surface area contributed by atoms with E-state index in [0.29, 0.717) is 27.6 Å². The summed E-state index contributed by atoms with van der Waals surface area (Å²) in [6.45, 7) is 2.11. The molecule has 0 aliphatic carbocycles. The highest BCUT2D eigenvalue weighted by molar-refractivity contribution is 7.98. The zero-order valence-corrected chi connectivity index (χ0v) is 16.0. The zero-order chi connectivity index (χ0) is 18.7. The molecule has 6 nitrogen and oxygen atoms in total. The van der Waals surface area contributed by atoms with Gasteiger partial charge in [-0.1, -0.05) is 43.7 Å². The van der Waals surface area contributed by atoms with Crippen LogP contribution in [0, 0.1) is 0 Å². The molecule has 2 heterocycles. The molecule has 0 spiro atoms. The third-order valence-electron chi connectivity index (χ3n) is 4.29. The van der Waals surface area contributed by atoms with Gasteiger partial charge in [0.25, 0.3) is 5.56 Å². The lowest BCUT2D eigenvalue weighted by molar-refractivity contribution is 0.690. The highest BCUT2D eigenvalue weighted by Crippen LogP contribution is 2.26. The standard InChI is InChI=1S/C19H22N4O2S/c1-4-5-11-14-20-16-15(18(24)23(3)19(25)22(16)2)17(21-14)26-12-13-9-7-6-8-10-13/h6-10H,4-5,11-12H2,1-3H3. The summed E-state index contributed by atoms with van der Waals surface area (Å²) in [5.41, 5.74) is 0.845. The number of thioether (sulfide) groups is 1. The van der Waals surface area contributed by atoms with Crippen molar-refractivity contribution in [3.63, 3.8) is 0 Å². The lowest BCUT2D eigenvalue weighted by Gasteiger charge is -2.12. The van der Waals surface area contributed by atoms with Crippen LogP contribution < -0.4 is 11.2 Å². The van der Waals surface area contributed by atoms with E-state index in [4.69, 9.17) is 0 Å². The van der Waals surface area contributed by atoms with E-state index >= 15 is 0 Å². The molecule has 136 valence electrons. The summed E-state index contributed by atoms with van der Waals surface area (Å²) in [6, 6.07) is 10.0. The van der Waals surface area contributed by atoms with Crippen molar-refractivity contribution in [1.82, 2.24) is 19.1 Å². The van der Waals surface area contributed by atoms with Crippen LogP contribution in [-0.2, 0) is 26.3 Å². The van der Waals surface area contributed by atoms with E-state index in [0.717, 1.165) is 29.4 Å². The highest BCUT2D eigenvalue weighted by Gasteiger charge is 2.17. The largest absolute Gasteiger partial charge is 0.332 e. The fourth-order valence-electron chi connectivity index (χ4n) is 2.75. The first-order valence-corrected chi connectivity index (χ1v) is 9.64.